The SMILES string of the molecule is Cc1ccc(/C=N\n2cnnc2N/N=C/c2ccc(C)o2)o1. The van der Waals surface area contributed by atoms with Crippen LogP contribution in [0, 0.1) is 13.8 Å². The molecular weight excluding hydrogens is 284 g/mol. The molecule has 0 spiro atoms. The van der Waals surface area contributed by atoms with Crippen LogP contribution in [-0.2, 0) is 0 Å². The molecule has 22 heavy (non-hydrogen) atoms. The van der Waals surface area contributed by atoms with Gasteiger partial charge in [-0.15, -0.1) is 10.2 Å². The van der Waals surface area contributed by atoms with Crippen LogP contribution in [0.4, 0.5) is 5.95 Å². The number of hydrogen-bond acceptors (Lipinski definition) is 7. The molecule has 8 nitrogen and oxygen atoms in total. The lowest BCUT2D eigenvalue weighted by Gasteiger charge is -1.97. The van der Waals surface area contributed by atoms with Gasteiger partial charge in [-0.1, -0.05) is 0 Å². The minimum atomic E-state index is 0.374. The van der Waals surface area contributed by atoms with Gasteiger partial charge in [0.1, 0.15) is 29.4 Å². The van der Waals surface area contributed by atoms with E-state index in [2.05, 4.69) is 25.8 Å². The maximum Gasteiger partial charge on any atom is 0.265 e. The van der Waals surface area contributed by atoms with Crippen LogP contribution in [0.3, 0.4) is 0 Å². The third kappa shape index (κ3) is 3.29. The van der Waals surface area contributed by atoms with Crippen molar-refractivity contribution in [3.05, 3.63) is 53.6 Å². The number of anilines is 1. The number of nitrogens with zero attached hydrogens (tertiary/aromatic N) is 5. The average Bonchev–Trinajstić information content (AvgIpc) is 3.20. The lowest BCUT2D eigenvalue weighted by Crippen LogP contribution is -1.98. The summed E-state index contributed by atoms with van der Waals surface area (Å²) in [4.78, 5) is 0. The highest BCUT2D eigenvalue weighted by atomic mass is 16.3. The zero-order chi connectivity index (χ0) is 15.4. The second kappa shape index (κ2) is 6.08. The summed E-state index contributed by atoms with van der Waals surface area (Å²) in [5.41, 5.74) is 2.75. The quantitative estimate of drug-likeness (QED) is 0.576. The van der Waals surface area contributed by atoms with Crippen LogP contribution in [0.25, 0.3) is 0 Å². The third-order valence-electron chi connectivity index (χ3n) is 2.72. The molecule has 0 bridgehead atoms. The van der Waals surface area contributed by atoms with Gasteiger partial charge in [-0.2, -0.15) is 14.9 Å². The first-order valence-corrected chi connectivity index (χ1v) is 6.57. The van der Waals surface area contributed by atoms with Gasteiger partial charge < -0.3 is 8.83 Å². The minimum Gasteiger partial charge on any atom is -0.460 e. The molecule has 0 saturated heterocycles. The van der Waals surface area contributed by atoms with Crippen LogP contribution >= 0.6 is 0 Å². The Morgan fingerprint density at radius 1 is 1.05 bits per heavy atom. The van der Waals surface area contributed by atoms with Crippen molar-refractivity contribution >= 4 is 18.4 Å². The number of aryl methyl sites for hydroxylation is 2. The molecule has 8 heteroatoms. The van der Waals surface area contributed by atoms with Gasteiger partial charge in [0.05, 0.1) is 12.4 Å². The van der Waals surface area contributed by atoms with Gasteiger partial charge >= 0.3 is 0 Å². The van der Waals surface area contributed by atoms with E-state index in [-0.39, 0.29) is 0 Å². The minimum absolute atomic E-state index is 0.374. The normalized spacial score (nSPS) is 11.7. The van der Waals surface area contributed by atoms with Crippen molar-refractivity contribution in [3.8, 4) is 0 Å². The van der Waals surface area contributed by atoms with Crippen molar-refractivity contribution in [2.45, 2.75) is 13.8 Å². The highest BCUT2D eigenvalue weighted by molar-refractivity contribution is 5.77. The lowest BCUT2D eigenvalue weighted by molar-refractivity contribution is 0.527. The molecule has 0 unspecified atom stereocenters. The second-order valence-corrected chi connectivity index (χ2v) is 4.51. The summed E-state index contributed by atoms with van der Waals surface area (Å²) in [6.07, 6.45) is 4.58. The zero-order valence-corrected chi connectivity index (χ0v) is 12.1. The Hall–Kier alpha value is -3.16. The standard InChI is InChI=1S/C14H14N6O2/c1-10-3-5-12(21-10)7-15-18-14-19-16-9-20(14)17-8-13-6-4-11(2)22-13/h3-9H,1-2H3,(H,18,19)/b15-7+,17-8-. The van der Waals surface area contributed by atoms with Crippen LogP contribution in [0.1, 0.15) is 23.0 Å². The van der Waals surface area contributed by atoms with Crippen molar-refractivity contribution in [3.63, 3.8) is 0 Å². The fraction of sp³-hybridized carbons (Fsp3) is 0.143. The van der Waals surface area contributed by atoms with Crippen molar-refractivity contribution in [2.24, 2.45) is 10.2 Å². The highest BCUT2D eigenvalue weighted by Crippen LogP contribution is 2.06. The number of hydrogen-bond donors (Lipinski definition) is 1. The Bertz CT molecular complexity index is 811. The molecule has 0 saturated carbocycles. The molecule has 1 N–H and O–H groups in total. The van der Waals surface area contributed by atoms with Crippen LogP contribution in [0.15, 0.2) is 49.6 Å². The average molecular weight is 298 g/mol. The molecule has 0 atom stereocenters. The summed E-state index contributed by atoms with van der Waals surface area (Å²) < 4.78 is 12.2. The molecule has 112 valence electrons. The van der Waals surface area contributed by atoms with Crippen molar-refractivity contribution in [2.75, 3.05) is 5.43 Å². The Morgan fingerprint density at radius 3 is 2.36 bits per heavy atom. The molecule has 3 heterocycles. The summed E-state index contributed by atoms with van der Waals surface area (Å²) in [6.45, 7) is 3.74. The maximum absolute atomic E-state index is 5.40. The molecule has 0 aromatic carbocycles. The van der Waals surface area contributed by atoms with Gasteiger partial charge in [0, 0.05) is 0 Å². The number of hydrazone groups is 1. The van der Waals surface area contributed by atoms with Gasteiger partial charge in [0.25, 0.3) is 5.95 Å². The molecular formula is C14H14N6O2. The summed E-state index contributed by atoms with van der Waals surface area (Å²) >= 11 is 0. The first-order chi connectivity index (χ1) is 10.7. The monoisotopic (exact) mass is 298 g/mol. The number of nitrogens with one attached hydrogen (secondary N) is 1. The fourth-order valence-corrected chi connectivity index (χ4v) is 1.71. The van der Waals surface area contributed by atoms with E-state index in [4.69, 9.17) is 8.83 Å². The zero-order valence-electron chi connectivity index (χ0n) is 12.1. The summed E-state index contributed by atoms with van der Waals surface area (Å²) in [5, 5.41) is 15.9. The highest BCUT2D eigenvalue weighted by Gasteiger charge is 2.01. The van der Waals surface area contributed by atoms with E-state index in [1.54, 1.807) is 12.4 Å². The van der Waals surface area contributed by atoms with Gasteiger partial charge in [0.2, 0.25) is 0 Å². The van der Waals surface area contributed by atoms with Gasteiger partial charge in [-0.25, -0.2) is 5.43 Å². The van der Waals surface area contributed by atoms with Gasteiger partial charge in [-0.3, -0.25) is 0 Å². The predicted molar refractivity (Wildman–Crippen MR) is 81.1 cm³/mol. The molecule has 3 rings (SSSR count). The predicted octanol–water partition coefficient (Wildman–Crippen LogP) is 2.41. The Balaban J connectivity index is 1.67. The van der Waals surface area contributed by atoms with E-state index in [1.165, 1.54) is 11.0 Å². The Labute approximate surface area is 126 Å². The maximum atomic E-state index is 5.40. The smallest absolute Gasteiger partial charge is 0.265 e. The summed E-state index contributed by atoms with van der Waals surface area (Å²) in [7, 11) is 0. The van der Waals surface area contributed by atoms with E-state index in [9.17, 15) is 0 Å². The first kappa shape index (κ1) is 13.8. The first-order valence-electron chi connectivity index (χ1n) is 6.57. The molecule has 0 radical (unpaired) electrons. The fourth-order valence-electron chi connectivity index (χ4n) is 1.71. The number of furan rings is 2. The Morgan fingerprint density at radius 2 is 1.73 bits per heavy atom. The number of rotatable bonds is 5. The summed E-state index contributed by atoms with van der Waals surface area (Å²) in [6, 6.07) is 7.37. The molecule has 0 aliphatic carbocycles. The third-order valence-corrected chi connectivity index (χ3v) is 2.72. The van der Waals surface area contributed by atoms with Crippen LogP contribution in [0.5, 0.6) is 0 Å². The topological polar surface area (TPSA) is 93.7 Å². The van der Waals surface area contributed by atoms with Crippen molar-refractivity contribution < 1.29 is 8.83 Å². The van der Waals surface area contributed by atoms with Crippen LogP contribution in [-0.4, -0.2) is 27.3 Å². The molecule has 3 aromatic heterocycles. The Kier molecular flexibility index (Phi) is 3.82. The van der Waals surface area contributed by atoms with Crippen LogP contribution in [0.2, 0.25) is 0 Å². The second-order valence-electron chi connectivity index (χ2n) is 4.51. The molecule has 0 fully saturated rings. The van der Waals surface area contributed by atoms with E-state index in [0.717, 1.165) is 11.5 Å². The van der Waals surface area contributed by atoms with Crippen LogP contribution < -0.4 is 5.43 Å². The van der Waals surface area contributed by atoms with Gasteiger partial charge in [-0.05, 0) is 38.1 Å². The van der Waals surface area contributed by atoms with Crippen molar-refractivity contribution in [1.82, 2.24) is 14.9 Å². The number of aromatic nitrogens is 3. The molecule has 0 aliphatic rings. The lowest BCUT2D eigenvalue weighted by atomic mass is 10.4. The van der Waals surface area contributed by atoms with E-state index in [0.29, 0.717) is 17.5 Å². The molecule has 3 aromatic rings. The largest absolute Gasteiger partial charge is 0.460 e. The molecule has 0 aliphatic heterocycles. The van der Waals surface area contributed by atoms with Crippen molar-refractivity contribution in [1.29, 1.82) is 0 Å². The van der Waals surface area contributed by atoms with E-state index in [1.807, 2.05) is 38.1 Å². The summed E-state index contributed by atoms with van der Waals surface area (Å²) in [5.74, 6) is 3.31. The van der Waals surface area contributed by atoms with E-state index >= 15 is 0 Å². The van der Waals surface area contributed by atoms with Gasteiger partial charge in [0.15, 0.2) is 0 Å². The van der Waals surface area contributed by atoms with E-state index < -0.39 is 0 Å². The molecule has 0 amide bonds.